The van der Waals surface area contributed by atoms with Crippen molar-refractivity contribution in [2.24, 2.45) is 0 Å². The summed E-state index contributed by atoms with van der Waals surface area (Å²) >= 11 is 13.4. The molecule has 0 saturated carbocycles. The number of hydrogen-bond donors (Lipinski definition) is 0. The van der Waals surface area contributed by atoms with Crippen LogP contribution in [0.2, 0.25) is 5.02 Å². The van der Waals surface area contributed by atoms with Gasteiger partial charge in [-0.3, -0.25) is 0 Å². The highest BCUT2D eigenvalue weighted by molar-refractivity contribution is 9.09. The van der Waals surface area contributed by atoms with Gasteiger partial charge >= 0.3 is 0 Å². The monoisotopic (exact) mass is 432 g/mol. The molecule has 0 aliphatic rings. The minimum atomic E-state index is -0.364. The second-order valence-corrected chi connectivity index (χ2v) is 6.81. The first kappa shape index (κ1) is 17.0. The summed E-state index contributed by atoms with van der Waals surface area (Å²) in [5, 5.41) is 1.75. The van der Waals surface area contributed by atoms with Crippen molar-refractivity contribution in [2.45, 2.75) is 18.8 Å². The van der Waals surface area contributed by atoms with E-state index in [4.69, 9.17) is 11.6 Å². The Balaban J connectivity index is 2.45. The van der Waals surface area contributed by atoms with Gasteiger partial charge in [-0.2, -0.15) is 0 Å². The lowest BCUT2D eigenvalue weighted by Gasteiger charge is -2.31. The van der Waals surface area contributed by atoms with Crippen LogP contribution < -0.4 is 0 Å². The molecule has 0 spiro atoms. The van der Waals surface area contributed by atoms with Crippen LogP contribution in [-0.2, 0) is 11.8 Å². The zero-order chi connectivity index (χ0) is 15.5. The Morgan fingerprint density at radius 3 is 2.38 bits per heavy atom. The normalized spacial score (nSPS) is 11.7. The van der Waals surface area contributed by atoms with Crippen LogP contribution in [-0.4, -0.2) is 10.7 Å². The van der Waals surface area contributed by atoms with Crippen LogP contribution in [0.1, 0.15) is 16.7 Å². The lowest BCUT2D eigenvalue weighted by Crippen LogP contribution is -2.33. The van der Waals surface area contributed by atoms with Gasteiger partial charge in [-0.1, -0.05) is 85.4 Å². The van der Waals surface area contributed by atoms with E-state index < -0.39 is 0 Å². The fourth-order valence-corrected chi connectivity index (χ4v) is 4.58. The summed E-state index contributed by atoms with van der Waals surface area (Å²) in [5.74, 6) is -0.364. The maximum absolute atomic E-state index is 13.7. The molecule has 2 aromatic rings. The van der Waals surface area contributed by atoms with E-state index in [2.05, 4.69) is 63.0 Å². The molecule has 0 aromatic heterocycles. The molecule has 0 radical (unpaired) electrons. The highest BCUT2D eigenvalue weighted by Gasteiger charge is 2.31. The van der Waals surface area contributed by atoms with Gasteiger partial charge in [0.2, 0.25) is 0 Å². The lowest BCUT2D eigenvalue weighted by molar-refractivity contribution is 0.546. The molecular weight excluding hydrogens is 418 g/mol. The Labute approximate surface area is 147 Å². The molecule has 0 amide bonds. The molecule has 21 heavy (non-hydrogen) atoms. The Bertz CT molecular complexity index is 624. The van der Waals surface area contributed by atoms with Crippen LogP contribution >= 0.6 is 43.5 Å². The van der Waals surface area contributed by atoms with E-state index in [1.165, 1.54) is 17.2 Å². The largest absolute Gasteiger partial charge is 0.205 e. The van der Waals surface area contributed by atoms with E-state index >= 15 is 0 Å². The quantitative estimate of drug-likeness (QED) is 0.502. The van der Waals surface area contributed by atoms with E-state index in [9.17, 15) is 4.39 Å². The predicted molar refractivity (Wildman–Crippen MR) is 95.6 cm³/mol. The Morgan fingerprint density at radius 1 is 1.10 bits per heavy atom. The van der Waals surface area contributed by atoms with E-state index in [1.54, 1.807) is 6.07 Å². The molecule has 2 aromatic carbocycles. The van der Waals surface area contributed by atoms with Gasteiger partial charge < -0.3 is 0 Å². The van der Waals surface area contributed by atoms with Gasteiger partial charge in [-0.25, -0.2) is 4.39 Å². The smallest absolute Gasteiger partial charge is 0.142 e. The van der Waals surface area contributed by atoms with Gasteiger partial charge in [0, 0.05) is 16.1 Å². The van der Waals surface area contributed by atoms with Gasteiger partial charge in [-0.05, 0) is 30.5 Å². The number of aryl methyl sites for hydroxylation is 1. The maximum atomic E-state index is 13.7. The molecule has 112 valence electrons. The summed E-state index contributed by atoms with van der Waals surface area (Å²) in [7, 11) is 0. The predicted octanol–water partition coefficient (Wildman–Crippen LogP) is 6.06. The number of benzene rings is 2. The molecule has 0 fully saturated rings. The van der Waals surface area contributed by atoms with Crippen LogP contribution in [0.5, 0.6) is 0 Å². The molecule has 2 rings (SSSR count). The minimum Gasteiger partial charge on any atom is -0.205 e. The summed E-state index contributed by atoms with van der Waals surface area (Å²) in [6, 6.07) is 13.4. The standard InChI is InChI=1S/C17H16Br2ClF/c1-12-4-2-6-14(8-12)17(10-18,11-19)9-13-5-3-7-15(21)16(13)20/h2-8H,9-11H2,1H3. The molecule has 0 N–H and O–H groups in total. The van der Waals surface area contributed by atoms with Crippen molar-refractivity contribution in [1.29, 1.82) is 0 Å². The molecule has 0 saturated heterocycles. The molecule has 0 unspecified atom stereocenters. The van der Waals surface area contributed by atoms with Gasteiger partial charge in [0.25, 0.3) is 0 Å². The molecule has 0 atom stereocenters. The first-order valence-electron chi connectivity index (χ1n) is 6.64. The zero-order valence-corrected chi connectivity index (χ0v) is 15.6. The van der Waals surface area contributed by atoms with Crippen LogP contribution in [0, 0.1) is 12.7 Å². The maximum Gasteiger partial charge on any atom is 0.142 e. The third kappa shape index (κ3) is 3.69. The van der Waals surface area contributed by atoms with E-state index in [0.29, 0.717) is 6.42 Å². The third-order valence-electron chi connectivity index (χ3n) is 3.70. The van der Waals surface area contributed by atoms with Crippen LogP contribution in [0.3, 0.4) is 0 Å². The summed E-state index contributed by atoms with van der Waals surface area (Å²) < 4.78 is 13.7. The molecular formula is C17H16Br2ClF. The van der Waals surface area contributed by atoms with Crippen LogP contribution in [0.4, 0.5) is 4.39 Å². The molecule has 0 aliphatic heterocycles. The third-order valence-corrected chi connectivity index (χ3v) is 6.27. The highest BCUT2D eigenvalue weighted by Crippen LogP contribution is 2.35. The summed E-state index contributed by atoms with van der Waals surface area (Å²) in [6.07, 6.45) is 0.670. The zero-order valence-electron chi connectivity index (χ0n) is 11.7. The summed E-state index contributed by atoms with van der Waals surface area (Å²) in [4.78, 5) is 0. The topological polar surface area (TPSA) is 0 Å². The number of halogens is 4. The van der Waals surface area contributed by atoms with Crippen molar-refractivity contribution in [1.82, 2.24) is 0 Å². The Morgan fingerprint density at radius 2 is 1.76 bits per heavy atom. The van der Waals surface area contributed by atoms with Gasteiger partial charge in [0.05, 0.1) is 5.02 Å². The number of rotatable bonds is 5. The van der Waals surface area contributed by atoms with E-state index in [0.717, 1.165) is 16.2 Å². The molecule has 0 heterocycles. The SMILES string of the molecule is Cc1cccc(C(CBr)(CBr)Cc2cccc(F)c2Cl)c1. The van der Waals surface area contributed by atoms with Crippen molar-refractivity contribution in [3.8, 4) is 0 Å². The molecule has 4 heteroatoms. The van der Waals surface area contributed by atoms with Crippen molar-refractivity contribution >= 4 is 43.5 Å². The number of alkyl halides is 2. The first-order chi connectivity index (χ1) is 10.0. The molecule has 0 nitrogen and oxygen atoms in total. The van der Waals surface area contributed by atoms with Crippen molar-refractivity contribution < 1.29 is 4.39 Å². The lowest BCUT2D eigenvalue weighted by atomic mass is 9.78. The van der Waals surface area contributed by atoms with Crippen molar-refractivity contribution in [2.75, 3.05) is 10.7 Å². The second-order valence-electron chi connectivity index (χ2n) is 5.31. The van der Waals surface area contributed by atoms with Crippen LogP contribution in [0.25, 0.3) is 0 Å². The Kier molecular flexibility index (Phi) is 5.87. The molecule has 0 bridgehead atoms. The fraction of sp³-hybridized carbons (Fsp3) is 0.294. The van der Waals surface area contributed by atoms with Crippen LogP contribution in [0.15, 0.2) is 42.5 Å². The second kappa shape index (κ2) is 7.26. The fourth-order valence-electron chi connectivity index (χ4n) is 2.41. The van der Waals surface area contributed by atoms with E-state index in [-0.39, 0.29) is 16.3 Å². The summed E-state index contributed by atoms with van der Waals surface area (Å²) in [6.45, 7) is 2.08. The molecule has 0 aliphatic carbocycles. The van der Waals surface area contributed by atoms with Crippen molar-refractivity contribution in [3.63, 3.8) is 0 Å². The number of hydrogen-bond acceptors (Lipinski definition) is 0. The average Bonchev–Trinajstić information content (AvgIpc) is 2.49. The highest BCUT2D eigenvalue weighted by atomic mass is 79.9. The van der Waals surface area contributed by atoms with Crippen molar-refractivity contribution in [3.05, 3.63) is 70.0 Å². The first-order valence-corrected chi connectivity index (χ1v) is 9.26. The van der Waals surface area contributed by atoms with Gasteiger partial charge in [-0.15, -0.1) is 0 Å². The van der Waals surface area contributed by atoms with E-state index in [1.807, 2.05) is 6.07 Å². The van der Waals surface area contributed by atoms with Gasteiger partial charge in [0.15, 0.2) is 0 Å². The van der Waals surface area contributed by atoms with Gasteiger partial charge in [0.1, 0.15) is 5.82 Å². The minimum absolute atomic E-state index is 0.163. The Hall–Kier alpha value is -0.380. The average molecular weight is 435 g/mol. The summed E-state index contributed by atoms with van der Waals surface area (Å²) in [5.41, 5.74) is 3.10.